The number of hydrogen-bond donors (Lipinski definition) is 0. The third-order valence-electron chi connectivity index (χ3n) is 7.31. The molecule has 2 nitrogen and oxygen atoms in total. The van der Waals surface area contributed by atoms with Crippen LogP contribution in [0.15, 0.2) is 102 Å². The van der Waals surface area contributed by atoms with Crippen LogP contribution in [0.25, 0.3) is 61.7 Å². The van der Waals surface area contributed by atoms with Gasteiger partial charge in [0.15, 0.2) is 0 Å². The summed E-state index contributed by atoms with van der Waals surface area (Å²) >= 11 is 0. The number of rotatable bonds is 3. The van der Waals surface area contributed by atoms with Crippen molar-refractivity contribution in [2.45, 2.75) is 33.1 Å². The van der Waals surface area contributed by atoms with Crippen molar-refractivity contribution in [2.75, 3.05) is 0 Å². The summed E-state index contributed by atoms with van der Waals surface area (Å²) in [5, 5.41) is 4.74. The maximum Gasteiger partial charge on any atom is 0.135 e. The number of para-hydroxylation sites is 1. The van der Waals surface area contributed by atoms with E-state index in [2.05, 4.69) is 123 Å². The van der Waals surface area contributed by atoms with E-state index in [-0.39, 0.29) is 5.41 Å². The lowest BCUT2D eigenvalue weighted by Gasteiger charge is -2.19. The van der Waals surface area contributed by atoms with Crippen LogP contribution < -0.4 is 10.6 Å². The van der Waals surface area contributed by atoms with E-state index in [1.54, 1.807) is 6.08 Å². The van der Waals surface area contributed by atoms with Crippen LogP contribution in [-0.4, -0.2) is 4.57 Å². The van der Waals surface area contributed by atoms with Crippen LogP contribution in [0.1, 0.15) is 33.3 Å². The summed E-state index contributed by atoms with van der Waals surface area (Å²) in [7, 11) is 0. The van der Waals surface area contributed by atoms with E-state index in [1.165, 1.54) is 44.2 Å². The van der Waals surface area contributed by atoms with Gasteiger partial charge in [0.05, 0.1) is 11.0 Å². The normalized spacial score (nSPS) is 13.3. The first kappa shape index (κ1) is 23.1. The molecule has 0 aliphatic rings. The van der Waals surface area contributed by atoms with Crippen molar-refractivity contribution in [1.82, 2.24) is 4.57 Å². The number of fused-ring (bicyclic) bond motifs is 4. The fourth-order valence-electron chi connectivity index (χ4n) is 5.38. The SMILES string of the molecule is C=C/C=c1/oc2ccc(-c3ccc4c5ccccc5n(-c5ccc(C(C)(C)C)cc5)c4c3)cc2/c1=C/C. The largest absolute Gasteiger partial charge is 0.456 e. The molecule has 2 heterocycles. The molecule has 0 aliphatic carbocycles. The molecule has 0 atom stereocenters. The predicted octanol–water partition coefficient (Wildman–Crippen LogP) is 8.26. The third-order valence-corrected chi connectivity index (χ3v) is 7.31. The molecule has 2 heteroatoms. The van der Waals surface area contributed by atoms with Gasteiger partial charge in [0.2, 0.25) is 0 Å². The average molecular weight is 482 g/mol. The zero-order chi connectivity index (χ0) is 25.7. The van der Waals surface area contributed by atoms with Crippen LogP contribution in [0.2, 0.25) is 0 Å². The Balaban J connectivity index is 1.58. The molecule has 0 radical (unpaired) electrons. The standard InChI is InChI=1S/C35H31NO/c1-6-10-33-27(7-2)30-21-23(14-20-34(30)37-33)24-13-19-29-28-11-8-9-12-31(28)36(32(29)22-24)26-17-15-25(16-18-26)35(3,4)5/h6-22H,1H2,2-5H3/b27-7-,33-10+. The van der Waals surface area contributed by atoms with Gasteiger partial charge in [-0.3, -0.25) is 0 Å². The monoisotopic (exact) mass is 481 g/mol. The van der Waals surface area contributed by atoms with Crippen LogP contribution in [0.4, 0.5) is 0 Å². The number of furan rings is 1. The molecule has 0 bridgehead atoms. The summed E-state index contributed by atoms with van der Waals surface area (Å²) in [6, 6.07) is 31.0. The molecule has 0 N–H and O–H groups in total. The molecule has 0 unspecified atom stereocenters. The van der Waals surface area contributed by atoms with Crippen molar-refractivity contribution in [3.05, 3.63) is 114 Å². The number of benzene rings is 4. The second-order valence-corrected chi connectivity index (χ2v) is 10.7. The number of allylic oxidation sites excluding steroid dienone is 1. The molecule has 4 aromatic carbocycles. The molecule has 0 saturated heterocycles. The Hall–Kier alpha value is -4.30. The van der Waals surface area contributed by atoms with Crippen LogP contribution in [0.3, 0.4) is 0 Å². The predicted molar refractivity (Wildman–Crippen MR) is 159 cm³/mol. The van der Waals surface area contributed by atoms with Gasteiger partial charge in [0.25, 0.3) is 0 Å². The minimum atomic E-state index is 0.121. The van der Waals surface area contributed by atoms with Gasteiger partial charge in [-0.25, -0.2) is 0 Å². The molecular formula is C35H31NO. The summed E-state index contributed by atoms with van der Waals surface area (Å²) in [6.45, 7) is 12.6. The number of aromatic nitrogens is 1. The van der Waals surface area contributed by atoms with E-state index in [1.807, 2.05) is 13.0 Å². The molecule has 6 aromatic rings. The fraction of sp³-hybridized carbons (Fsp3) is 0.143. The minimum Gasteiger partial charge on any atom is -0.456 e. The maximum absolute atomic E-state index is 6.08. The first-order valence-corrected chi connectivity index (χ1v) is 12.9. The van der Waals surface area contributed by atoms with Gasteiger partial charge in [-0.05, 0) is 71.5 Å². The number of hydrogen-bond acceptors (Lipinski definition) is 1. The van der Waals surface area contributed by atoms with Gasteiger partial charge in [-0.1, -0.05) is 88.0 Å². The Bertz CT molecular complexity index is 1920. The van der Waals surface area contributed by atoms with E-state index in [4.69, 9.17) is 4.42 Å². The molecule has 0 fully saturated rings. The highest BCUT2D eigenvalue weighted by molar-refractivity contribution is 6.10. The first-order valence-electron chi connectivity index (χ1n) is 12.9. The van der Waals surface area contributed by atoms with Gasteiger partial charge in [0, 0.05) is 27.1 Å². The van der Waals surface area contributed by atoms with E-state index >= 15 is 0 Å². The van der Waals surface area contributed by atoms with Crippen molar-refractivity contribution >= 4 is 44.9 Å². The highest BCUT2D eigenvalue weighted by Gasteiger charge is 2.16. The second-order valence-electron chi connectivity index (χ2n) is 10.7. The Morgan fingerprint density at radius 3 is 2.19 bits per heavy atom. The summed E-state index contributed by atoms with van der Waals surface area (Å²) in [5.74, 6) is 0. The van der Waals surface area contributed by atoms with E-state index in [0.29, 0.717) is 0 Å². The first-order chi connectivity index (χ1) is 17.9. The third kappa shape index (κ3) is 3.81. The van der Waals surface area contributed by atoms with Crippen molar-refractivity contribution in [3.63, 3.8) is 0 Å². The lowest BCUT2D eigenvalue weighted by Crippen LogP contribution is -2.18. The average Bonchev–Trinajstić information content (AvgIpc) is 3.42. The van der Waals surface area contributed by atoms with Gasteiger partial charge in [-0.2, -0.15) is 0 Å². The smallest absolute Gasteiger partial charge is 0.135 e. The maximum atomic E-state index is 6.08. The van der Waals surface area contributed by atoms with Gasteiger partial charge in [0.1, 0.15) is 11.0 Å². The van der Waals surface area contributed by atoms with Crippen LogP contribution in [0.5, 0.6) is 0 Å². The zero-order valence-corrected chi connectivity index (χ0v) is 21.9. The van der Waals surface area contributed by atoms with Crippen LogP contribution in [0, 0.1) is 0 Å². The molecule has 0 aliphatic heterocycles. The zero-order valence-electron chi connectivity index (χ0n) is 21.9. The van der Waals surface area contributed by atoms with E-state index < -0.39 is 0 Å². The molecule has 6 rings (SSSR count). The lowest BCUT2D eigenvalue weighted by molar-refractivity contribution is 0.575. The summed E-state index contributed by atoms with van der Waals surface area (Å²) in [4.78, 5) is 0. The molecule has 0 amide bonds. The van der Waals surface area contributed by atoms with Crippen molar-refractivity contribution < 1.29 is 4.42 Å². The fourth-order valence-corrected chi connectivity index (χ4v) is 5.38. The van der Waals surface area contributed by atoms with E-state index in [0.717, 1.165) is 21.6 Å². The Kier molecular flexibility index (Phi) is 5.42. The van der Waals surface area contributed by atoms with Crippen LogP contribution in [-0.2, 0) is 5.41 Å². The Morgan fingerprint density at radius 1 is 0.757 bits per heavy atom. The van der Waals surface area contributed by atoms with E-state index in [9.17, 15) is 0 Å². The van der Waals surface area contributed by atoms with Crippen molar-refractivity contribution in [2.24, 2.45) is 0 Å². The van der Waals surface area contributed by atoms with Crippen molar-refractivity contribution in [1.29, 1.82) is 0 Å². The summed E-state index contributed by atoms with van der Waals surface area (Å²) in [6.07, 6.45) is 5.80. The molecule has 2 aromatic heterocycles. The van der Waals surface area contributed by atoms with Gasteiger partial charge in [-0.15, -0.1) is 0 Å². The summed E-state index contributed by atoms with van der Waals surface area (Å²) < 4.78 is 8.47. The lowest BCUT2D eigenvalue weighted by atomic mass is 9.87. The minimum absolute atomic E-state index is 0.121. The Labute approximate surface area is 217 Å². The van der Waals surface area contributed by atoms with Gasteiger partial charge < -0.3 is 8.98 Å². The highest BCUT2D eigenvalue weighted by atomic mass is 16.3. The molecule has 37 heavy (non-hydrogen) atoms. The number of nitrogens with zero attached hydrogens (tertiary/aromatic N) is 1. The molecule has 182 valence electrons. The summed E-state index contributed by atoms with van der Waals surface area (Å²) in [5.41, 5.74) is 9.14. The Morgan fingerprint density at radius 2 is 1.46 bits per heavy atom. The molecular weight excluding hydrogens is 450 g/mol. The highest BCUT2D eigenvalue weighted by Crippen LogP contribution is 2.35. The second kappa shape index (κ2) is 8.67. The molecule has 0 spiro atoms. The molecule has 0 saturated carbocycles. The van der Waals surface area contributed by atoms with Gasteiger partial charge >= 0.3 is 0 Å². The topological polar surface area (TPSA) is 18.1 Å². The van der Waals surface area contributed by atoms with Crippen molar-refractivity contribution in [3.8, 4) is 16.8 Å². The van der Waals surface area contributed by atoms with Crippen LogP contribution >= 0.6 is 0 Å². The quantitative estimate of drug-likeness (QED) is 0.249.